The van der Waals surface area contributed by atoms with Crippen LogP contribution in [-0.2, 0) is 11.8 Å². The zero-order chi connectivity index (χ0) is 25.0. The molecule has 0 saturated heterocycles. The second kappa shape index (κ2) is 8.35. The van der Waals surface area contributed by atoms with Gasteiger partial charge in [-0.1, -0.05) is 72.4 Å². The maximum absolute atomic E-state index is 11.2. The molecule has 36 heavy (non-hydrogen) atoms. The first kappa shape index (κ1) is 22.6. The molecule has 0 N–H and O–H groups in total. The van der Waals surface area contributed by atoms with Gasteiger partial charge in [-0.05, 0) is 35.7 Å². The van der Waals surface area contributed by atoms with Crippen molar-refractivity contribution in [2.45, 2.75) is 23.7 Å². The highest BCUT2D eigenvalue weighted by molar-refractivity contribution is 8.04. The normalized spacial score (nSPS) is 19.8. The Bertz CT molecular complexity index is 1610. The standard InChI is InChI=1S/C30H26N3O2S/c1-30(19-20-12-15-22(16-13-20)33(34)35)24-10-6-7-11-25(24)31(2)27(30)18-28-32(3)26-17-14-21-8-4-5-9-23(21)29(26)36-28/h4-18H,19H2,1-3H3/q+1. The molecule has 1 unspecified atom stereocenters. The van der Waals surface area contributed by atoms with Gasteiger partial charge in [0.15, 0.2) is 5.71 Å². The van der Waals surface area contributed by atoms with Crippen molar-refractivity contribution in [3.8, 4) is 0 Å². The first-order chi connectivity index (χ1) is 17.4. The Balaban J connectivity index is 1.44. The number of allylic oxidation sites excluding steroid dienone is 1. The SMILES string of the molecule is CN1/C(=C/C2=[N+](C)c3ccccc3C2(C)Cc2ccc([N+](=O)[O-])cc2)Sc2c1ccc1ccccc21. The summed E-state index contributed by atoms with van der Waals surface area (Å²) in [6.45, 7) is 2.28. The van der Waals surface area contributed by atoms with Crippen LogP contribution in [0.3, 0.4) is 0 Å². The van der Waals surface area contributed by atoms with Gasteiger partial charge in [-0.25, -0.2) is 0 Å². The van der Waals surface area contributed by atoms with E-state index < -0.39 is 0 Å². The summed E-state index contributed by atoms with van der Waals surface area (Å²) in [6.07, 6.45) is 3.07. The number of fused-ring (bicyclic) bond motifs is 4. The Morgan fingerprint density at radius 3 is 2.50 bits per heavy atom. The van der Waals surface area contributed by atoms with Gasteiger partial charge in [-0.3, -0.25) is 10.1 Å². The highest BCUT2D eigenvalue weighted by Crippen LogP contribution is 2.50. The molecule has 0 radical (unpaired) electrons. The van der Waals surface area contributed by atoms with Crippen LogP contribution in [0.1, 0.15) is 18.1 Å². The molecule has 2 aliphatic heterocycles. The number of hydrogen-bond acceptors (Lipinski definition) is 4. The Labute approximate surface area is 214 Å². The molecule has 6 rings (SSSR count). The van der Waals surface area contributed by atoms with Crippen LogP contribution in [0.25, 0.3) is 10.8 Å². The second-order valence-electron chi connectivity index (χ2n) is 9.67. The maximum Gasteiger partial charge on any atom is 0.269 e. The van der Waals surface area contributed by atoms with Crippen LogP contribution in [0.15, 0.2) is 101 Å². The Morgan fingerprint density at radius 1 is 1.00 bits per heavy atom. The monoisotopic (exact) mass is 492 g/mol. The second-order valence-corrected chi connectivity index (χ2v) is 10.7. The summed E-state index contributed by atoms with van der Waals surface area (Å²) in [5.41, 5.74) is 5.81. The molecule has 0 aliphatic carbocycles. The lowest BCUT2D eigenvalue weighted by Crippen LogP contribution is -2.34. The van der Waals surface area contributed by atoms with Crippen molar-refractivity contribution in [3.05, 3.63) is 117 Å². The van der Waals surface area contributed by atoms with Gasteiger partial charge in [-0.15, -0.1) is 0 Å². The highest BCUT2D eigenvalue weighted by Gasteiger charge is 2.47. The minimum atomic E-state index is -0.347. The van der Waals surface area contributed by atoms with Crippen molar-refractivity contribution in [3.63, 3.8) is 0 Å². The number of nitro groups is 1. The van der Waals surface area contributed by atoms with Crippen molar-refractivity contribution >= 4 is 45.3 Å². The minimum absolute atomic E-state index is 0.119. The quantitative estimate of drug-likeness (QED) is 0.174. The number of rotatable bonds is 4. The predicted molar refractivity (Wildman–Crippen MR) is 148 cm³/mol. The van der Waals surface area contributed by atoms with Crippen LogP contribution >= 0.6 is 11.8 Å². The van der Waals surface area contributed by atoms with Crippen molar-refractivity contribution < 1.29 is 9.50 Å². The molecule has 178 valence electrons. The number of para-hydroxylation sites is 1. The van der Waals surface area contributed by atoms with Crippen LogP contribution < -0.4 is 4.90 Å². The van der Waals surface area contributed by atoms with E-state index in [1.54, 1.807) is 12.1 Å². The Kier molecular flexibility index (Phi) is 5.23. The average molecular weight is 493 g/mol. The van der Waals surface area contributed by atoms with Gasteiger partial charge < -0.3 is 4.90 Å². The smallest absolute Gasteiger partial charge is 0.269 e. The fraction of sp³-hybridized carbons (Fsp3) is 0.167. The zero-order valence-electron chi connectivity index (χ0n) is 20.4. The van der Waals surface area contributed by atoms with E-state index in [2.05, 4.69) is 97.2 Å². The third-order valence-corrected chi connectivity index (χ3v) is 8.74. The molecule has 0 amide bonds. The summed E-state index contributed by atoms with van der Waals surface area (Å²) in [7, 11) is 4.27. The third kappa shape index (κ3) is 3.44. The number of nitrogens with zero attached hydrogens (tertiary/aromatic N) is 3. The van der Waals surface area contributed by atoms with Crippen LogP contribution in [-0.4, -0.2) is 29.3 Å². The fourth-order valence-corrected chi connectivity index (χ4v) is 6.81. The Hall–Kier alpha value is -3.90. The summed E-state index contributed by atoms with van der Waals surface area (Å²) < 4.78 is 2.29. The molecule has 6 heteroatoms. The molecular weight excluding hydrogens is 466 g/mol. The van der Waals surface area contributed by atoms with E-state index >= 15 is 0 Å². The summed E-state index contributed by atoms with van der Waals surface area (Å²) in [4.78, 5) is 14.4. The van der Waals surface area contributed by atoms with E-state index in [4.69, 9.17) is 0 Å². The molecule has 4 aromatic carbocycles. The van der Waals surface area contributed by atoms with Gasteiger partial charge in [0.25, 0.3) is 5.69 Å². The molecule has 0 saturated carbocycles. The van der Waals surface area contributed by atoms with Crippen LogP contribution in [0.4, 0.5) is 17.1 Å². The largest absolute Gasteiger partial charge is 0.338 e. The third-order valence-electron chi connectivity index (χ3n) is 7.51. The Morgan fingerprint density at radius 2 is 1.72 bits per heavy atom. The summed E-state index contributed by atoms with van der Waals surface area (Å²) in [6, 6.07) is 28.5. The van der Waals surface area contributed by atoms with Gasteiger partial charge in [0, 0.05) is 41.8 Å². The van der Waals surface area contributed by atoms with E-state index in [1.807, 2.05) is 23.9 Å². The van der Waals surface area contributed by atoms with Gasteiger partial charge in [0.1, 0.15) is 7.05 Å². The maximum atomic E-state index is 11.2. The fourth-order valence-electron chi connectivity index (χ4n) is 5.59. The minimum Gasteiger partial charge on any atom is -0.338 e. The summed E-state index contributed by atoms with van der Waals surface area (Å²) in [5.74, 6) is 0. The molecule has 2 aliphatic rings. The van der Waals surface area contributed by atoms with Crippen molar-refractivity contribution in [1.82, 2.24) is 0 Å². The first-order valence-corrected chi connectivity index (χ1v) is 12.8. The zero-order valence-corrected chi connectivity index (χ0v) is 21.3. The average Bonchev–Trinajstić information content (AvgIpc) is 3.32. The molecule has 0 aromatic heterocycles. The van der Waals surface area contributed by atoms with Gasteiger partial charge in [0.2, 0.25) is 5.69 Å². The number of anilines is 1. The first-order valence-electron chi connectivity index (χ1n) is 12.0. The van der Waals surface area contributed by atoms with Crippen LogP contribution in [0, 0.1) is 10.1 Å². The topological polar surface area (TPSA) is 49.4 Å². The molecule has 2 heterocycles. The molecular formula is C30H26N3O2S+. The van der Waals surface area contributed by atoms with Crippen molar-refractivity contribution in [2.75, 3.05) is 19.0 Å². The number of thioether (sulfide) groups is 1. The summed E-state index contributed by atoms with van der Waals surface area (Å²) >= 11 is 1.82. The van der Waals surface area contributed by atoms with E-state index in [9.17, 15) is 10.1 Å². The molecule has 0 bridgehead atoms. The van der Waals surface area contributed by atoms with E-state index in [0.717, 1.165) is 12.0 Å². The van der Waals surface area contributed by atoms with E-state index in [0.29, 0.717) is 0 Å². The molecule has 4 aromatic rings. The van der Waals surface area contributed by atoms with Gasteiger partial charge in [0.05, 0.1) is 21.1 Å². The number of hydrogen-bond donors (Lipinski definition) is 0. The molecule has 0 spiro atoms. The molecule has 0 fully saturated rings. The van der Waals surface area contributed by atoms with Crippen molar-refractivity contribution in [1.29, 1.82) is 0 Å². The van der Waals surface area contributed by atoms with Crippen molar-refractivity contribution in [2.24, 2.45) is 0 Å². The highest BCUT2D eigenvalue weighted by atomic mass is 32.2. The predicted octanol–water partition coefficient (Wildman–Crippen LogP) is 7.06. The van der Waals surface area contributed by atoms with Crippen LogP contribution in [0.2, 0.25) is 0 Å². The van der Waals surface area contributed by atoms with E-state index in [-0.39, 0.29) is 16.0 Å². The molecule has 1 atom stereocenters. The van der Waals surface area contributed by atoms with E-state index in [1.165, 1.54) is 43.3 Å². The molecule has 5 nitrogen and oxygen atoms in total. The van der Waals surface area contributed by atoms with Gasteiger partial charge >= 0.3 is 0 Å². The lowest BCUT2D eigenvalue weighted by Gasteiger charge is -2.23. The van der Waals surface area contributed by atoms with Gasteiger partial charge in [-0.2, -0.15) is 4.58 Å². The lowest BCUT2D eigenvalue weighted by atomic mass is 9.74. The number of non-ortho nitro benzene ring substituents is 1. The van der Waals surface area contributed by atoms with Crippen LogP contribution in [0.5, 0.6) is 0 Å². The number of benzene rings is 4. The number of nitro benzene ring substituents is 1. The summed E-state index contributed by atoms with van der Waals surface area (Å²) in [5, 5.41) is 14.9. The lowest BCUT2D eigenvalue weighted by molar-refractivity contribution is -0.401.